The van der Waals surface area contributed by atoms with E-state index in [1.165, 1.54) is 17.2 Å². The van der Waals surface area contributed by atoms with Gasteiger partial charge < -0.3 is 19.5 Å². The maximum atomic E-state index is 14.2. The number of rotatable bonds is 8. The van der Waals surface area contributed by atoms with Crippen molar-refractivity contribution in [2.45, 2.75) is 50.6 Å². The minimum absolute atomic E-state index is 0.128. The van der Waals surface area contributed by atoms with Crippen LogP contribution in [-0.4, -0.2) is 53.2 Å². The van der Waals surface area contributed by atoms with Crippen LogP contribution in [-0.2, 0) is 22.6 Å². The van der Waals surface area contributed by atoms with Gasteiger partial charge in [-0.25, -0.2) is 0 Å². The van der Waals surface area contributed by atoms with Crippen LogP contribution < -0.4 is 10.7 Å². The molecule has 1 aromatic heterocycles. The van der Waals surface area contributed by atoms with Gasteiger partial charge in [0.05, 0.1) is 5.39 Å². The van der Waals surface area contributed by atoms with Crippen LogP contribution >= 0.6 is 0 Å². The zero-order valence-electron chi connectivity index (χ0n) is 26.2. The summed E-state index contributed by atoms with van der Waals surface area (Å²) in [6.07, 6.45) is 3.39. The van der Waals surface area contributed by atoms with Gasteiger partial charge in [0.25, 0.3) is 5.91 Å². The first-order valence-corrected chi connectivity index (χ1v) is 16.4. The highest BCUT2D eigenvalue weighted by Crippen LogP contribution is 2.32. The molecule has 5 aromatic rings. The Bertz CT molecular complexity index is 2030. The van der Waals surface area contributed by atoms with E-state index in [1.54, 1.807) is 24.3 Å². The Kier molecular flexibility index (Phi) is 8.57. The summed E-state index contributed by atoms with van der Waals surface area (Å²) >= 11 is 0. The first-order chi connectivity index (χ1) is 22.9. The molecule has 0 spiro atoms. The maximum absolute atomic E-state index is 14.2. The van der Waals surface area contributed by atoms with E-state index in [0.717, 1.165) is 42.1 Å². The van der Waals surface area contributed by atoms with Crippen molar-refractivity contribution in [3.63, 3.8) is 0 Å². The van der Waals surface area contributed by atoms with E-state index in [9.17, 15) is 19.2 Å². The predicted octanol–water partition coefficient (Wildman–Crippen LogP) is 5.82. The van der Waals surface area contributed by atoms with Crippen LogP contribution in [0.25, 0.3) is 21.7 Å². The number of para-hydroxylation sites is 1. The zero-order valence-corrected chi connectivity index (χ0v) is 26.2. The third kappa shape index (κ3) is 6.54. The van der Waals surface area contributed by atoms with Crippen LogP contribution in [0.1, 0.15) is 58.8 Å². The molecule has 7 rings (SSSR count). The lowest BCUT2D eigenvalue weighted by Gasteiger charge is -2.35. The molecule has 4 aromatic carbocycles. The summed E-state index contributed by atoms with van der Waals surface area (Å²) in [4.78, 5) is 56.5. The number of likely N-dealkylation sites (tertiary alicyclic amines) is 2. The molecular weight excluding hydrogens is 590 g/mol. The number of hydrogen-bond acceptors (Lipinski definition) is 5. The van der Waals surface area contributed by atoms with Gasteiger partial charge in [-0.05, 0) is 64.8 Å². The second-order valence-electron chi connectivity index (χ2n) is 12.6. The number of hydrogen-bond donors (Lipinski definition) is 1. The molecule has 8 nitrogen and oxygen atoms in total. The van der Waals surface area contributed by atoms with Gasteiger partial charge in [0.1, 0.15) is 11.6 Å². The van der Waals surface area contributed by atoms with E-state index in [-0.39, 0.29) is 28.9 Å². The summed E-state index contributed by atoms with van der Waals surface area (Å²) < 4.78 is 5.81. The summed E-state index contributed by atoms with van der Waals surface area (Å²) in [6.45, 7) is 2.53. The molecule has 0 bridgehead atoms. The van der Waals surface area contributed by atoms with Crippen molar-refractivity contribution in [2.24, 2.45) is 0 Å². The van der Waals surface area contributed by atoms with E-state index < -0.39 is 11.9 Å². The van der Waals surface area contributed by atoms with E-state index in [0.29, 0.717) is 43.4 Å². The molecule has 1 N–H and O–H groups in total. The van der Waals surface area contributed by atoms with Gasteiger partial charge >= 0.3 is 0 Å². The SMILES string of the molecule is O=C(N[C@@H](Cc1ccc2ccccc2c1)C(=O)N1CCC(c2ccccc2CN2CCCC2=O)CC1)c1cc(=O)c2ccccc2o1. The molecule has 238 valence electrons. The lowest BCUT2D eigenvalue weighted by atomic mass is 9.86. The van der Waals surface area contributed by atoms with Gasteiger partial charge in [0.2, 0.25) is 11.8 Å². The van der Waals surface area contributed by atoms with Crippen molar-refractivity contribution in [3.05, 3.63) is 130 Å². The molecule has 0 radical (unpaired) electrons. The van der Waals surface area contributed by atoms with Crippen molar-refractivity contribution >= 4 is 39.5 Å². The van der Waals surface area contributed by atoms with Gasteiger partial charge in [-0.1, -0.05) is 78.9 Å². The number of amides is 3. The molecule has 2 fully saturated rings. The topological polar surface area (TPSA) is 99.9 Å². The van der Waals surface area contributed by atoms with Crippen LogP contribution in [0.15, 0.2) is 106 Å². The smallest absolute Gasteiger partial charge is 0.287 e. The zero-order chi connectivity index (χ0) is 32.3. The molecule has 3 amide bonds. The first kappa shape index (κ1) is 30.4. The fourth-order valence-electron chi connectivity index (χ4n) is 7.03. The Morgan fingerprint density at radius 3 is 2.38 bits per heavy atom. The van der Waals surface area contributed by atoms with Gasteiger partial charge in [-0.2, -0.15) is 0 Å². The number of fused-ring (bicyclic) bond motifs is 2. The van der Waals surface area contributed by atoms with Crippen molar-refractivity contribution in [1.82, 2.24) is 15.1 Å². The third-order valence-electron chi connectivity index (χ3n) is 9.55. The number of benzene rings is 4. The van der Waals surface area contributed by atoms with Crippen LogP contribution in [0, 0.1) is 0 Å². The number of carbonyl (C=O) groups excluding carboxylic acids is 3. The van der Waals surface area contributed by atoms with E-state index in [1.807, 2.05) is 64.4 Å². The van der Waals surface area contributed by atoms with Gasteiger partial charge in [0, 0.05) is 45.1 Å². The minimum Gasteiger partial charge on any atom is -0.451 e. The predicted molar refractivity (Wildman–Crippen MR) is 181 cm³/mol. The fraction of sp³-hybridized carbons (Fsp3) is 0.282. The van der Waals surface area contributed by atoms with Crippen molar-refractivity contribution < 1.29 is 18.8 Å². The van der Waals surface area contributed by atoms with E-state index in [4.69, 9.17) is 4.42 Å². The maximum Gasteiger partial charge on any atom is 0.287 e. The summed E-state index contributed by atoms with van der Waals surface area (Å²) in [5, 5.41) is 5.46. The van der Waals surface area contributed by atoms with Crippen molar-refractivity contribution in [2.75, 3.05) is 19.6 Å². The van der Waals surface area contributed by atoms with Gasteiger partial charge in [-0.3, -0.25) is 19.2 Å². The Morgan fingerprint density at radius 1 is 0.830 bits per heavy atom. The number of piperidine rings is 1. The number of nitrogens with zero attached hydrogens (tertiary/aromatic N) is 2. The summed E-state index contributed by atoms with van der Waals surface area (Å²) in [7, 11) is 0. The average molecular weight is 628 g/mol. The van der Waals surface area contributed by atoms with Crippen LogP contribution in [0.3, 0.4) is 0 Å². The molecule has 0 aliphatic carbocycles. The van der Waals surface area contributed by atoms with Crippen LogP contribution in [0.4, 0.5) is 0 Å². The lowest BCUT2D eigenvalue weighted by molar-refractivity contribution is -0.134. The summed E-state index contributed by atoms with van der Waals surface area (Å²) in [6, 6.07) is 29.5. The average Bonchev–Trinajstić information content (AvgIpc) is 3.51. The van der Waals surface area contributed by atoms with Crippen LogP contribution in [0.5, 0.6) is 0 Å². The van der Waals surface area contributed by atoms with Crippen LogP contribution in [0.2, 0.25) is 0 Å². The van der Waals surface area contributed by atoms with Crippen molar-refractivity contribution in [1.29, 1.82) is 0 Å². The standard InChI is InChI=1S/C39H37N3O5/c43-34-24-36(47-35-13-6-5-12-32(34)35)38(45)40-33(23-26-15-16-27-8-1-2-9-29(27)22-26)39(46)41-20-17-28(18-21-41)31-11-4-3-10-30(31)25-42-19-7-14-37(42)44/h1-6,8-13,15-16,22,24,28,33H,7,14,17-21,23,25H2,(H,40,45)/t33-/m0/s1. The normalized spacial score (nSPS) is 16.1. The molecule has 0 saturated carbocycles. The molecule has 47 heavy (non-hydrogen) atoms. The monoisotopic (exact) mass is 627 g/mol. The largest absolute Gasteiger partial charge is 0.451 e. The second kappa shape index (κ2) is 13.2. The third-order valence-corrected chi connectivity index (χ3v) is 9.55. The highest BCUT2D eigenvalue weighted by atomic mass is 16.3. The van der Waals surface area contributed by atoms with E-state index >= 15 is 0 Å². The fourth-order valence-corrected chi connectivity index (χ4v) is 7.03. The molecule has 0 unspecified atom stereocenters. The molecule has 2 aliphatic heterocycles. The Hall–Kier alpha value is -5.24. The molecule has 2 aliphatic rings. The number of nitrogens with one attached hydrogen (secondary N) is 1. The van der Waals surface area contributed by atoms with Crippen molar-refractivity contribution in [3.8, 4) is 0 Å². The molecule has 3 heterocycles. The molecular formula is C39H37N3O5. The van der Waals surface area contributed by atoms with Gasteiger partial charge in [-0.15, -0.1) is 0 Å². The van der Waals surface area contributed by atoms with Gasteiger partial charge in [0.15, 0.2) is 11.2 Å². The summed E-state index contributed by atoms with van der Waals surface area (Å²) in [5.74, 6) is -0.413. The highest BCUT2D eigenvalue weighted by Gasteiger charge is 2.32. The molecule has 2 saturated heterocycles. The Morgan fingerprint density at radius 2 is 1.57 bits per heavy atom. The molecule has 1 atom stereocenters. The Balaban J connectivity index is 1.10. The number of carbonyl (C=O) groups is 3. The first-order valence-electron chi connectivity index (χ1n) is 16.4. The highest BCUT2D eigenvalue weighted by molar-refractivity contribution is 5.97. The molecule has 8 heteroatoms. The van der Waals surface area contributed by atoms with E-state index in [2.05, 4.69) is 17.4 Å². The second-order valence-corrected chi connectivity index (χ2v) is 12.6. The minimum atomic E-state index is -0.856. The lowest BCUT2D eigenvalue weighted by Crippen LogP contribution is -2.51. The Labute approximate surface area is 273 Å². The summed E-state index contributed by atoms with van der Waals surface area (Å²) in [5.41, 5.74) is 3.34. The quantitative estimate of drug-likeness (QED) is 0.234.